The molecule has 0 spiro atoms. The van der Waals surface area contributed by atoms with Crippen LogP contribution in [0.15, 0.2) is 35.7 Å². The van der Waals surface area contributed by atoms with E-state index in [1.807, 2.05) is 43.0 Å². The number of urea groups is 1. The topological polar surface area (TPSA) is 61.9 Å². The van der Waals surface area contributed by atoms with E-state index in [4.69, 9.17) is 4.74 Å². The van der Waals surface area contributed by atoms with Gasteiger partial charge >= 0.3 is 6.03 Å². The van der Waals surface area contributed by atoms with Gasteiger partial charge in [0, 0.05) is 24.0 Å². The lowest BCUT2D eigenvalue weighted by Crippen LogP contribution is -2.50. The van der Waals surface area contributed by atoms with Gasteiger partial charge in [0.05, 0.1) is 6.04 Å². The van der Waals surface area contributed by atoms with Crippen LogP contribution in [0.3, 0.4) is 0 Å². The molecule has 1 fully saturated rings. The molecule has 4 rings (SSSR count). The minimum atomic E-state index is -0.137. The summed E-state index contributed by atoms with van der Waals surface area (Å²) in [4.78, 5) is 31.0. The molecular weight excluding hydrogens is 410 g/mol. The molecule has 0 bridgehead atoms. The smallest absolute Gasteiger partial charge is 0.318 e. The zero-order valence-electron chi connectivity index (χ0n) is 18.3. The van der Waals surface area contributed by atoms with Crippen molar-refractivity contribution in [2.75, 3.05) is 26.2 Å². The molecule has 2 aliphatic rings. The van der Waals surface area contributed by atoms with Gasteiger partial charge in [-0.1, -0.05) is 25.1 Å². The Bertz CT molecular complexity index is 924. The standard InChI is InChI=1S/C24H31N3O3S/c1-3-12-25-24(29)27(18-8-9-18)15-23(28)26-13-10-22-19(11-14-31-22)20(26)16-30-21-7-5-4-6-17(21)2/h4-7,11,14,18,20H,3,8-10,12-13,15-16H2,1-2H3,(H,25,29)/t20-/m1/s1. The number of para-hydroxylation sites is 1. The Morgan fingerprint density at radius 2 is 2.06 bits per heavy atom. The summed E-state index contributed by atoms with van der Waals surface area (Å²) in [6, 6.07) is 9.97. The first-order valence-corrected chi connectivity index (χ1v) is 12.0. The lowest BCUT2D eigenvalue weighted by molar-refractivity contribution is -0.135. The minimum Gasteiger partial charge on any atom is -0.491 e. The first-order valence-electron chi connectivity index (χ1n) is 11.2. The van der Waals surface area contributed by atoms with Crippen molar-refractivity contribution in [2.45, 2.75) is 51.6 Å². The Hall–Kier alpha value is -2.54. The monoisotopic (exact) mass is 441 g/mol. The van der Waals surface area contributed by atoms with Crippen LogP contribution in [0.5, 0.6) is 5.75 Å². The molecule has 1 atom stereocenters. The van der Waals surface area contributed by atoms with E-state index in [0.717, 1.165) is 37.0 Å². The average molecular weight is 442 g/mol. The van der Waals surface area contributed by atoms with E-state index in [0.29, 0.717) is 19.7 Å². The SMILES string of the molecule is CCCNC(=O)N(CC(=O)N1CCc2sccc2[C@H]1COc1ccccc1C)C1CC1. The summed E-state index contributed by atoms with van der Waals surface area (Å²) < 4.78 is 6.17. The van der Waals surface area contributed by atoms with Gasteiger partial charge in [0.2, 0.25) is 5.91 Å². The molecule has 6 nitrogen and oxygen atoms in total. The van der Waals surface area contributed by atoms with Crippen LogP contribution in [-0.4, -0.2) is 54.0 Å². The number of hydrogen-bond donors (Lipinski definition) is 1. The molecule has 0 unspecified atom stereocenters. The Morgan fingerprint density at radius 1 is 1.26 bits per heavy atom. The van der Waals surface area contributed by atoms with Gasteiger partial charge < -0.3 is 19.9 Å². The number of ether oxygens (including phenoxy) is 1. The summed E-state index contributed by atoms with van der Waals surface area (Å²) in [6.07, 6.45) is 3.68. The van der Waals surface area contributed by atoms with E-state index in [1.165, 1.54) is 10.4 Å². The third kappa shape index (κ3) is 5.03. The molecule has 2 aromatic rings. The van der Waals surface area contributed by atoms with Gasteiger partial charge in [-0.25, -0.2) is 4.79 Å². The Balaban J connectivity index is 1.49. The van der Waals surface area contributed by atoms with Crippen LogP contribution >= 0.6 is 11.3 Å². The number of amides is 3. The Morgan fingerprint density at radius 3 is 2.81 bits per heavy atom. The third-order valence-corrected chi connectivity index (χ3v) is 6.98. The van der Waals surface area contributed by atoms with E-state index < -0.39 is 0 Å². The van der Waals surface area contributed by atoms with Crippen LogP contribution in [0.1, 0.15) is 48.2 Å². The first kappa shape index (κ1) is 21.7. The Labute approximate surface area is 188 Å². The highest BCUT2D eigenvalue weighted by molar-refractivity contribution is 7.10. The molecular formula is C24H31N3O3S. The van der Waals surface area contributed by atoms with Crippen LogP contribution in [0.4, 0.5) is 4.79 Å². The number of carbonyl (C=O) groups excluding carboxylic acids is 2. The molecule has 1 aliphatic heterocycles. The second-order valence-corrected chi connectivity index (χ2v) is 9.32. The summed E-state index contributed by atoms with van der Waals surface area (Å²) in [5.41, 5.74) is 2.25. The van der Waals surface area contributed by atoms with Gasteiger partial charge in [-0.05, 0) is 61.2 Å². The maximum Gasteiger partial charge on any atom is 0.318 e. The van der Waals surface area contributed by atoms with Crippen molar-refractivity contribution in [3.63, 3.8) is 0 Å². The largest absolute Gasteiger partial charge is 0.491 e. The summed E-state index contributed by atoms with van der Waals surface area (Å²) >= 11 is 1.74. The molecule has 3 amide bonds. The number of carbonyl (C=O) groups is 2. The predicted molar refractivity (Wildman–Crippen MR) is 123 cm³/mol. The molecule has 166 valence electrons. The van der Waals surface area contributed by atoms with Gasteiger partial charge in [-0.3, -0.25) is 4.79 Å². The normalized spacial score (nSPS) is 17.7. The molecule has 7 heteroatoms. The number of fused-ring (bicyclic) bond motifs is 1. The van der Waals surface area contributed by atoms with Crippen LogP contribution in [0.2, 0.25) is 0 Å². The predicted octanol–water partition coefficient (Wildman–Crippen LogP) is 4.15. The van der Waals surface area contributed by atoms with Gasteiger partial charge in [-0.2, -0.15) is 0 Å². The number of thiophene rings is 1. The van der Waals surface area contributed by atoms with Crippen molar-refractivity contribution in [1.82, 2.24) is 15.1 Å². The van der Waals surface area contributed by atoms with Crippen LogP contribution < -0.4 is 10.1 Å². The molecule has 31 heavy (non-hydrogen) atoms. The maximum atomic E-state index is 13.4. The molecule has 2 heterocycles. The van der Waals surface area contributed by atoms with Gasteiger partial charge in [0.25, 0.3) is 0 Å². The molecule has 1 aromatic heterocycles. The third-order valence-electron chi connectivity index (χ3n) is 5.99. The van der Waals surface area contributed by atoms with Crippen molar-refractivity contribution in [2.24, 2.45) is 0 Å². The van der Waals surface area contributed by atoms with E-state index in [1.54, 1.807) is 16.2 Å². The highest BCUT2D eigenvalue weighted by atomic mass is 32.1. The average Bonchev–Trinajstić information content (AvgIpc) is 3.50. The second kappa shape index (κ2) is 9.73. The van der Waals surface area contributed by atoms with Crippen molar-refractivity contribution < 1.29 is 14.3 Å². The highest BCUT2D eigenvalue weighted by Crippen LogP contribution is 2.35. The van der Waals surface area contributed by atoms with Crippen molar-refractivity contribution >= 4 is 23.3 Å². The lowest BCUT2D eigenvalue weighted by atomic mass is 10.0. The van der Waals surface area contributed by atoms with Crippen molar-refractivity contribution in [3.8, 4) is 5.75 Å². The van der Waals surface area contributed by atoms with E-state index in [-0.39, 0.29) is 30.6 Å². The van der Waals surface area contributed by atoms with Crippen LogP contribution in [0, 0.1) is 6.92 Å². The van der Waals surface area contributed by atoms with Crippen molar-refractivity contribution in [1.29, 1.82) is 0 Å². The van der Waals surface area contributed by atoms with Gasteiger partial charge in [0.1, 0.15) is 18.9 Å². The molecule has 1 N–H and O–H groups in total. The molecule has 0 radical (unpaired) electrons. The summed E-state index contributed by atoms with van der Waals surface area (Å²) in [5, 5.41) is 5.02. The fraction of sp³-hybridized carbons (Fsp3) is 0.500. The minimum absolute atomic E-state index is 0.00576. The summed E-state index contributed by atoms with van der Waals surface area (Å²) in [7, 11) is 0. The number of nitrogens with zero attached hydrogens (tertiary/aromatic N) is 2. The number of hydrogen-bond acceptors (Lipinski definition) is 4. The maximum absolute atomic E-state index is 13.4. The van der Waals surface area contributed by atoms with E-state index in [9.17, 15) is 9.59 Å². The number of aryl methyl sites for hydroxylation is 1. The van der Waals surface area contributed by atoms with Crippen LogP contribution in [0.25, 0.3) is 0 Å². The summed E-state index contributed by atoms with van der Waals surface area (Å²) in [5.74, 6) is 0.838. The van der Waals surface area contributed by atoms with Gasteiger partial charge in [-0.15, -0.1) is 11.3 Å². The van der Waals surface area contributed by atoms with Gasteiger partial charge in [0.15, 0.2) is 0 Å². The number of rotatable bonds is 8. The quantitative estimate of drug-likeness (QED) is 0.670. The fourth-order valence-corrected chi connectivity index (χ4v) is 5.01. The Kier molecular flexibility index (Phi) is 6.80. The summed E-state index contributed by atoms with van der Waals surface area (Å²) in [6.45, 7) is 5.87. The fourth-order valence-electron chi connectivity index (χ4n) is 4.08. The van der Waals surface area contributed by atoms with Crippen LogP contribution in [-0.2, 0) is 11.2 Å². The second-order valence-electron chi connectivity index (χ2n) is 8.32. The number of benzene rings is 1. The van der Waals surface area contributed by atoms with Crippen molar-refractivity contribution in [3.05, 3.63) is 51.7 Å². The number of nitrogens with one attached hydrogen (secondary N) is 1. The highest BCUT2D eigenvalue weighted by Gasteiger charge is 2.37. The molecule has 1 aliphatic carbocycles. The zero-order valence-corrected chi connectivity index (χ0v) is 19.1. The molecule has 0 saturated heterocycles. The first-order chi connectivity index (χ1) is 15.1. The van der Waals surface area contributed by atoms with E-state index >= 15 is 0 Å². The van der Waals surface area contributed by atoms with E-state index in [2.05, 4.69) is 16.8 Å². The molecule has 1 aromatic carbocycles. The zero-order chi connectivity index (χ0) is 21.8. The lowest BCUT2D eigenvalue weighted by Gasteiger charge is -2.37. The molecule has 1 saturated carbocycles.